The molecule has 2 aromatic heterocycles. The third-order valence-electron chi connectivity index (χ3n) is 3.67. The van der Waals surface area contributed by atoms with E-state index in [0.717, 1.165) is 19.2 Å². The van der Waals surface area contributed by atoms with E-state index in [1.807, 2.05) is 0 Å². The predicted molar refractivity (Wildman–Crippen MR) is 87.9 cm³/mol. The second-order valence-electron chi connectivity index (χ2n) is 5.49. The fourth-order valence-electron chi connectivity index (χ4n) is 2.35. The number of hydrogen-bond acceptors (Lipinski definition) is 5. The number of alkyl halides is 3. The first-order valence-corrected chi connectivity index (χ1v) is 7.82. The van der Waals surface area contributed by atoms with Crippen LogP contribution in [0.2, 0.25) is 5.02 Å². The van der Waals surface area contributed by atoms with Crippen molar-refractivity contribution in [3.63, 3.8) is 0 Å². The maximum atomic E-state index is 14.4. The first-order valence-electron chi connectivity index (χ1n) is 7.44. The van der Waals surface area contributed by atoms with Gasteiger partial charge >= 0.3 is 11.9 Å². The molecule has 3 aromatic rings. The molecule has 0 aliphatic rings. The Hall–Kier alpha value is -3.15. The highest BCUT2D eigenvalue weighted by Gasteiger charge is 2.35. The van der Waals surface area contributed by atoms with Crippen molar-refractivity contribution in [2.45, 2.75) is 12.9 Å². The van der Waals surface area contributed by atoms with Gasteiger partial charge in [-0.05, 0) is 6.07 Å². The summed E-state index contributed by atoms with van der Waals surface area (Å²) in [4.78, 5) is 28.1. The number of rotatable bonds is 4. The van der Waals surface area contributed by atoms with E-state index in [-0.39, 0.29) is 32.7 Å². The van der Waals surface area contributed by atoms with E-state index in [1.54, 1.807) is 0 Å². The van der Waals surface area contributed by atoms with Crippen molar-refractivity contribution >= 4 is 11.6 Å². The first kappa shape index (κ1) is 19.6. The number of halogens is 5. The average Bonchev–Trinajstić information content (AvgIpc) is 3.11. The Balaban J connectivity index is 2.11. The summed E-state index contributed by atoms with van der Waals surface area (Å²) in [5.74, 6) is -1.22. The second-order valence-corrected chi connectivity index (χ2v) is 5.89. The molecule has 0 amide bonds. The molecule has 3 rings (SSSR count). The van der Waals surface area contributed by atoms with E-state index < -0.39 is 34.6 Å². The first-order chi connectivity index (χ1) is 13.1. The molecular formula is C15H10ClF4N5O3. The molecule has 0 radical (unpaired) electrons. The van der Waals surface area contributed by atoms with Crippen LogP contribution in [0.15, 0.2) is 40.4 Å². The summed E-state index contributed by atoms with van der Waals surface area (Å²) in [6, 6.07) is 1.91. The molecule has 0 bridgehead atoms. The predicted octanol–water partition coefficient (Wildman–Crippen LogP) is 1.98. The lowest BCUT2D eigenvalue weighted by Gasteiger charge is -2.15. The zero-order valence-corrected chi connectivity index (χ0v) is 14.7. The highest BCUT2D eigenvalue weighted by atomic mass is 35.5. The quantitative estimate of drug-likeness (QED) is 0.604. The smallest absolute Gasteiger partial charge is 0.431 e. The molecule has 0 aliphatic carbocycles. The SMILES string of the molecule is Cn1c(C(F)(F)F)cc(=O)n(-c2cc(OCn3cncn3)c(Cl)cc2F)c1=O. The van der Waals surface area contributed by atoms with E-state index in [4.69, 9.17) is 16.3 Å². The van der Waals surface area contributed by atoms with Crippen molar-refractivity contribution in [3.05, 3.63) is 68.2 Å². The minimum atomic E-state index is -4.93. The zero-order chi connectivity index (χ0) is 20.6. The Morgan fingerprint density at radius 1 is 1.21 bits per heavy atom. The van der Waals surface area contributed by atoms with Gasteiger partial charge in [0.05, 0.1) is 10.7 Å². The number of hydrogen-bond donors (Lipinski definition) is 0. The summed E-state index contributed by atoms with van der Waals surface area (Å²) in [6.07, 6.45) is -2.36. The third-order valence-corrected chi connectivity index (χ3v) is 3.97. The molecule has 0 saturated heterocycles. The van der Waals surface area contributed by atoms with Gasteiger partial charge in [-0.2, -0.15) is 18.3 Å². The highest BCUT2D eigenvalue weighted by molar-refractivity contribution is 6.32. The molecule has 0 atom stereocenters. The summed E-state index contributed by atoms with van der Waals surface area (Å²) in [7, 11) is 0.817. The van der Waals surface area contributed by atoms with Crippen molar-refractivity contribution in [3.8, 4) is 11.4 Å². The van der Waals surface area contributed by atoms with Crippen LogP contribution in [0, 0.1) is 5.82 Å². The Morgan fingerprint density at radius 3 is 2.54 bits per heavy atom. The van der Waals surface area contributed by atoms with Crippen LogP contribution in [0.5, 0.6) is 5.75 Å². The molecule has 0 aliphatic heterocycles. The minimum Gasteiger partial charge on any atom is -0.470 e. The van der Waals surface area contributed by atoms with Gasteiger partial charge in [0.2, 0.25) is 0 Å². The van der Waals surface area contributed by atoms with Gasteiger partial charge in [-0.1, -0.05) is 11.6 Å². The molecule has 0 unspecified atom stereocenters. The number of ether oxygens (including phenoxy) is 1. The van der Waals surface area contributed by atoms with Gasteiger partial charge in [-0.25, -0.2) is 23.4 Å². The van der Waals surface area contributed by atoms with Crippen LogP contribution in [-0.2, 0) is 20.0 Å². The molecule has 0 fully saturated rings. The van der Waals surface area contributed by atoms with Crippen molar-refractivity contribution in [2.24, 2.45) is 7.05 Å². The van der Waals surface area contributed by atoms with Crippen LogP contribution in [0.1, 0.15) is 5.69 Å². The lowest BCUT2D eigenvalue weighted by Crippen LogP contribution is -2.41. The van der Waals surface area contributed by atoms with E-state index in [9.17, 15) is 27.2 Å². The topological polar surface area (TPSA) is 83.9 Å². The summed E-state index contributed by atoms with van der Waals surface area (Å²) in [6.45, 7) is -0.176. The van der Waals surface area contributed by atoms with Crippen LogP contribution in [0.4, 0.5) is 17.6 Å². The van der Waals surface area contributed by atoms with Gasteiger partial charge in [0.25, 0.3) is 5.56 Å². The molecule has 1 aromatic carbocycles. The van der Waals surface area contributed by atoms with Gasteiger partial charge in [0, 0.05) is 19.2 Å². The molecular weight excluding hydrogens is 410 g/mol. The van der Waals surface area contributed by atoms with Crippen molar-refractivity contribution in [1.29, 1.82) is 0 Å². The van der Waals surface area contributed by atoms with Crippen LogP contribution in [-0.4, -0.2) is 23.9 Å². The maximum Gasteiger partial charge on any atom is 0.431 e. The zero-order valence-electron chi connectivity index (χ0n) is 13.9. The maximum absolute atomic E-state index is 14.4. The number of nitrogens with zero attached hydrogens (tertiary/aromatic N) is 5. The molecule has 28 heavy (non-hydrogen) atoms. The largest absolute Gasteiger partial charge is 0.470 e. The van der Waals surface area contributed by atoms with Gasteiger partial charge in [-0.3, -0.25) is 9.36 Å². The number of benzene rings is 1. The Morgan fingerprint density at radius 2 is 1.93 bits per heavy atom. The number of aromatic nitrogens is 5. The van der Waals surface area contributed by atoms with Crippen molar-refractivity contribution in [2.75, 3.05) is 0 Å². The summed E-state index contributed by atoms with van der Waals surface area (Å²) < 4.78 is 60.2. The van der Waals surface area contributed by atoms with Crippen molar-refractivity contribution in [1.82, 2.24) is 23.9 Å². The minimum absolute atomic E-state index is 0.123. The molecule has 0 N–H and O–H groups in total. The van der Waals surface area contributed by atoms with Crippen LogP contribution in [0.3, 0.4) is 0 Å². The van der Waals surface area contributed by atoms with E-state index in [2.05, 4.69) is 10.1 Å². The monoisotopic (exact) mass is 419 g/mol. The van der Waals surface area contributed by atoms with Gasteiger partial charge < -0.3 is 4.74 Å². The summed E-state index contributed by atoms with van der Waals surface area (Å²) in [5.41, 5.74) is -4.82. The van der Waals surface area contributed by atoms with E-state index in [1.165, 1.54) is 17.3 Å². The van der Waals surface area contributed by atoms with Crippen LogP contribution >= 0.6 is 11.6 Å². The average molecular weight is 420 g/mol. The van der Waals surface area contributed by atoms with E-state index in [0.29, 0.717) is 0 Å². The van der Waals surface area contributed by atoms with Crippen LogP contribution in [0.25, 0.3) is 5.69 Å². The summed E-state index contributed by atoms with van der Waals surface area (Å²) >= 11 is 5.90. The molecule has 2 heterocycles. The standard InChI is InChI=1S/C15H10ClF4N5O3/c1-23-12(15(18,19)20)4-13(26)25(14(23)27)10-3-11(8(16)2-9(10)17)28-7-24-6-21-5-22-24/h2-6H,7H2,1H3. The molecule has 13 heteroatoms. The van der Waals surface area contributed by atoms with Crippen molar-refractivity contribution < 1.29 is 22.3 Å². The molecule has 0 saturated carbocycles. The second kappa shape index (κ2) is 7.11. The lowest BCUT2D eigenvalue weighted by atomic mass is 10.2. The highest BCUT2D eigenvalue weighted by Crippen LogP contribution is 2.30. The molecule has 8 nitrogen and oxygen atoms in total. The Kier molecular flexibility index (Phi) is 4.98. The Bertz CT molecular complexity index is 1140. The summed E-state index contributed by atoms with van der Waals surface area (Å²) in [5, 5.41) is 3.60. The van der Waals surface area contributed by atoms with Gasteiger partial charge in [0.15, 0.2) is 6.73 Å². The van der Waals surface area contributed by atoms with Gasteiger partial charge in [0.1, 0.15) is 29.9 Å². The third kappa shape index (κ3) is 3.63. The van der Waals surface area contributed by atoms with Crippen LogP contribution < -0.4 is 16.0 Å². The van der Waals surface area contributed by atoms with Gasteiger partial charge in [-0.15, -0.1) is 0 Å². The lowest BCUT2D eigenvalue weighted by molar-refractivity contribution is -0.144. The fraction of sp³-hybridized carbons (Fsp3) is 0.200. The Labute approximate surface area is 158 Å². The van der Waals surface area contributed by atoms with E-state index >= 15 is 0 Å². The molecule has 148 valence electrons. The normalized spacial score (nSPS) is 11.6. The fourth-order valence-corrected chi connectivity index (χ4v) is 2.56. The molecule has 0 spiro atoms.